The van der Waals surface area contributed by atoms with E-state index in [1.165, 1.54) is 49.7 Å². The Bertz CT molecular complexity index is 2860. The first kappa shape index (κ1) is 32.7. The van der Waals surface area contributed by atoms with Gasteiger partial charge in [-0.25, -0.2) is 9.97 Å². The van der Waals surface area contributed by atoms with Crippen LogP contribution in [-0.4, -0.2) is 15.0 Å². The first-order valence-electron chi connectivity index (χ1n) is 18.8. The molecular formula is C52H37N3. The molecule has 0 N–H and O–H groups in total. The summed E-state index contributed by atoms with van der Waals surface area (Å²) in [7, 11) is 0. The van der Waals surface area contributed by atoms with Crippen LogP contribution in [0.3, 0.4) is 0 Å². The van der Waals surface area contributed by atoms with Gasteiger partial charge in [0.15, 0.2) is 5.82 Å². The fraction of sp³-hybridized carbons (Fsp3) is 0.0577. The van der Waals surface area contributed by atoms with Crippen molar-refractivity contribution in [3.05, 3.63) is 199 Å². The minimum Gasteiger partial charge on any atom is -0.264 e. The van der Waals surface area contributed by atoms with Crippen LogP contribution in [0.2, 0.25) is 0 Å². The van der Waals surface area contributed by atoms with Crippen LogP contribution in [0.15, 0.2) is 188 Å². The zero-order valence-electron chi connectivity index (χ0n) is 30.7. The number of nitrogens with zero attached hydrogens (tertiary/aromatic N) is 3. The smallest absolute Gasteiger partial charge is 0.160 e. The quantitative estimate of drug-likeness (QED) is 0.173. The van der Waals surface area contributed by atoms with Crippen LogP contribution >= 0.6 is 0 Å². The highest BCUT2D eigenvalue weighted by Crippen LogP contribution is 2.52. The Kier molecular flexibility index (Phi) is 7.81. The van der Waals surface area contributed by atoms with Gasteiger partial charge in [-0.2, -0.15) is 0 Å². The second-order valence-corrected chi connectivity index (χ2v) is 14.9. The normalized spacial score (nSPS) is 12.7. The molecule has 2 heterocycles. The molecule has 3 nitrogen and oxygen atoms in total. The lowest BCUT2D eigenvalue weighted by Gasteiger charge is -2.23. The minimum absolute atomic E-state index is 0.0977. The second kappa shape index (κ2) is 13.2. The molecule has 0 atom stereocenters. The maximum Gasteiger partial charge on any atom is 0.160 e. The molecule has 0 saturated heterocycles. The van der Waals surface area contributed by atoms with E-state index in [0.29, 0.717) is 5.82 Å². The van der Waals surface area contributed by atoms with Gasteiger partial charge >= 0.3 is 0 Å². The maximum atomic E-state index is 5.07. The number of hydrogen-bond acceptors (Lipinski definition) is 3. The monoisotopic (exact) mass is 703 g/mol. The van der Waals surface area contributed by atoms with Gasteiger partial charge in [-0.05, 0) is 90.7 Å². The van der Waals surface area contributed by atoms with Crippen LogP contribution in [0.25, 0.3) is 89.2 Å². The Labute approximate surface area is 321 Å². The van der Waals surface area contributed by atoms with Crippen molar-refractivity contribution in [1.82, 2.24) is 15.0 Å². The lowest BCUT2D eigenvalue weighted by Crippen LogP contribution is -2.15. The highest BCUT2D eigenvalue weighted by atomic mass is 14.9. The Hall–Kier alpha value is -6.97. The molecule has 0 spiro atoms. The van der Waals surface area contributed by atoms with Crippen molar-refractivity contribution in [3.63, 3.8) is 0 Å². The molecule has 0 unspecified atom stereocenters. The highest BCUT2D eigenvalue weighted by Gasteiger charge is 2.37. The van der Waals surface area contributed by atoms with E-state index in [9.17, 15) is 0 Å². The molecule has 10 rings (SSSR count). The van der Waals surface area contributed by atoms with Gasteiger partial charge in [0.05, 0.1) is 11.4 Å². The summed E-state index contributed by atoms with van der Waals surface area (Å²) in [4.78, 5) is 14.4. The van der Waals surface area contributed by atoms with Crippen molar-refractivity contribution in [3.8, 4) is 78.4 Å². The molecule has 0 amide bonds. The Morgan fingerprint density at radius 1 is 0.400 bits per heavy atom. The van der Waals surface area contributed by atoms with Crippen molar-refractivity contribution in [2.45, 2.75) is 19.3 Å². The van der Waals surface area contributed by atoms with E-state index in [4.69, 9.17) is 9.97 Å². The summed E-state index contributed by atoms with van der Waals surface area (Å²) in [5.74, 6) is 0.704. The SMILES string of the molecule is CC1(C)c2cc(-c3cccc(-c4ccc(-c5cc(-c6ccc(-c7cccnc7)cc6)nc(-c6ccccc6)n5)cc4)c3)ccc2-c2ccc3ccccc3c21. The van der Waals surface area contributed by atoms with Crippen LogP contribution in [0.4, 0.5) is 0 Å². The van der Waals surface area contributed by atoms with Gasteiger partial charge in [0, 0.05) is 34.5 Å². The molecule has 0 bridgehead atoms. The molecule has 0 saturated carbocycles. The molecule has 3 heteroatoms. The molecule has 0 fully saturated rings. The minimum atomic E-state index is -0.0977. The van der Waals surface area contributed by atoms with E-state index in [2.05, 4.69) is 170 Å². The van der Waals surface area contributed by atoms with Crippen LogP contribution in [-0.2, 0) is 5.41 Å². The van der Waals surface area contributed by atoms with Gasteiger partial charge in [0.2, 0.25) is 0 Å². The third-order valence-electron chi connectivity index (χ3n) is 11.2. The Morgan fingerprint density at radius 3 is 1.67 bits per heavy atom. The summed E-state index contributed by atoms with van der Waals surface area (Å²) in [6.07, 6.45) is 3.69. The topological polar surface area (TPSA) is 38.7 Å². The largest absolute Gasteiger partial charge is 0.264 e. The second-order valence-electron chi connectivity index (χ2n) is 14.9. The van der Waals surface area contributed by atoms with Gasteiger partial charge in [0.1, 0.15) is 0 Å². The number of hydrogen-bond donors (Lipinski definition) is 0. The van der Waals surface area contributed by atoms with Crippen molar-refractivity contribution in [2.24, 2.45) is 0 Å². The van der Waals surface area contributed by atoms with Crippen molar-refractivity contribution in [1.29, 1.82) is 0 Å². The predicted molar refractivity (Wildman–Crippen MR) is 228 cm³/mol. The zero-order valence-corrected chi connectivity index (χ0v) is 30.7. The number of rotatable bonds is 6. The van der Waals surface area contributed by atoms with Gasteiger partial charge in [0.25, 0.3) is 0 Å². The third kappa shape index (κ3) is 5.82. The number of benzene rings is 7. The molecule has 2 aromatic heterocycles. The lowest BCUT2D eigenvalue weighted by atomic mass is 9.79. The summed E-state index contributed by atoms with van der Waals surface area (Å²) < 4.78 is 0. The molecule has 9 aromatic rings. The average Bonchev–Trinajstić information content (AvgIpc) is 3.49. The fourth-order valence-corrected chi connectivity index (χ4v) is 8.32. The number of fused-ring (bicyclic) bond motifs is 5. The first-order chi connectivity index (χ1) is 27.0. The predicted octanol–water partition coefficient (Wildman–Crippen LogP) is 13.3. The highest BCUT2D eigenvalue weighted by molar-refractivity contribution is 5.98. The Morgan fingerprint density at radius 2 is 0.964 bits per heavy atom. The Balaban J connectivity index is 0.972. The summed E-state index contributed by atoms with van der Waals surface area (Å²) in [5, 5.41) is 2.64. The summed E-state index contributed by atoms with van der Waals surface area (Å²) >= 11 is 0. The zero-order chi connectivity index (χ0) is 36.9. The summed E-state index contributed by atoms with van der Waals surface area (Å²) in [5.41, 5.74) is 17.2. The average molecular weight is 704 g/mol. The first-order valence-corrected chi connectivity index (χ1v) is 18.8. The van der Waals surface area contributed by atoms with Gasteiger partial charge < -0.3 is 0 Å². The van der Waals surface area contributed by atoms with Crippen molar-refractivity contribution in [2.75, 3.05) is 0 Å². The van der Waals surface area contributed by atoms with E-state index in [0.717, 1.165) is 44.8 Å². The summed E-state index contributed by atoms with van der Waals surface area (Å²) in [6, 6.07) is 62.9. The molecule has 0 radical (unpaired) electrons. The lowest BCUT2D eigenvalue weighted by molar-refractivity contribution is 0.666. The van der Waals surface area contributed by atoms with Gasteiger partial charge in [-0.1, -0.05) is 166 Å². The number of aromatic nitrogens is 3. The van der Waals surface area contributed by atoms with Crippen LogP contribution < -0.4 is 0 Å². The van der Waals surface area contributed by atoms with E-state index >= 15 is 0 Å². The van der Waals surface area contributed by atoms with E-state index < -0.39 is 0 Å². The molecule has 7 aromatic carbocycles. The van der Waals surface area contributed by atoms with Crippen molar-refractivity contribution >= 4 is 10.8 Å². The standard InChI is InChI=1S/C52H37N3/c1-52(2)47-31-42(26-27-45(47)46-28-25-36-10-6-7-16-44(36)50(46)52)41-14-8-13-40(30-41)34-17-21-37(22-18-34)48-32-49(55-51(54-48)39-11-4-3-5-12-39)38-23-19-35(20-24-38)43-15-9-29-53-33-43/h3-33H,1-2H3. The third-order valence-corrected chi connectivity index (χ3v) is 11.2. The van der Waals surface area contributed by atoms with Crippen molar-refractivity contribution < 1.29 is 0 Å². The van der Waals surface area contributed by atoms with Crippen LogP contribution in [0, 0.1) is 0 Å². The van der Waals surface area contributed by atoms with E-state index in [1.807, 2.05) is 30.5 Å². The fourth-order valence-electron chi connectivity index (χ4n) is 8.32. The molecule has 0 aliphatic heterocycles. The van der Waals surface area contributed by atoms with Gasteiger partial charge in [-0.15, -0.1) is 0 Å². The van der Waals surface area contributed by atoms with Crippen LogP contribution in [0.1, 0.15) is 25.0 Å². The summed E-state index contributed by atoms with van der Waals surface area (Å²) in [6.45, 7) is 4.74. The van der Waals surface area contributed by atoms with E-state index in [1.54, 1.807) is 6.20 Å². The molecular weight excluding hydrogens is 667 g/mol. The van der Waals surface area contributed by atoms with Crippen LogP contribution in [0.5, 0.6) is 0 Å². The molecule has 1 aliphatic rings. The number of pyridine rings is 1. The van der Waals surface area contributed by atoms with Gasteiger partial charge in [-0.3, -0.25) is 4.98 Å². The maximum absolute atomic E-state index is 5.07. The molecule has 1 aliphatic carbocycles. The molecule has 260 valence electrons. The van der Waals surface area contributed by atoms with E-state index in [-0.39, 0.29) is 5.41 Å². The molecule has 55 heavy (non-hydrogen) atoms.